The van der Waals surface area contributed by atoms with Gasteiger partial charge in [0, 0.05) is 39.3 Å². The molecule has 0 N–H and O–H groups in total. The quantitative estimate of drug-likeness (QED) is 0.600. The third-order valence-corrected chi connectivity index (χ3v) is 4.75. The van der Waals surface area contributed by atoms with Crippen LogP contribution in [-0.2, 0) is 4.74 Å². The van der Waals surface area contributed by atoms with Gasteiger partial charge in [0.15, 0.2) is 0 Å². The molecule has 0 unspecified atom stereocenters. The van der Waals surface area contributed by atoms with E-state index < -0.39 is 0 Å². The summed E-state index contributed by atoms with van der Waals surface area (Å²) < 4.78 is 6.32. The van der Waals surface area contributed by atoms with E-state index in [-0.39, 0.29) is 30.9 Å². The van der Waals surface area contributed by atoms with Crippen molar-refractivity contribution in [1.29, 1.82) is 0 Å². The molecule has 0 saturated carbocycles. The number of hydrogen-bond acceptors (Lipinski definition) is 3. The predicted molar refractivity (Wildman–Crippen MR) is 118 cm³/mol. The average Bonchev–Trinajstić information content (AvgIpc) is 2.68. The summed E-state index contributed by atoms with van der Waals surface area (Å²) in [5, 5.41) is 0. The van der Waals surface area contributed by atoms with E-state index in [0.717, 1.165) is 45.9 Å². The van der Waals surface area contributed by atoms with Gasteiger partial charge in [0.05, 0.1) is 6.61 Å². The Balaban J connectivity index is 0.00000182. The topological polar surface area (TPSA) is 15.7 Å². The van der Waals surface area contributed by atoms with Crippen LogP contribution in [0.4, 0.5) is 0 Å². The largest absolute Gasteiger partial charge is 0.367 e. The number of nitrogens with zero attached hydrogens (tertiary/aromatic N) is 2. The van der Waals surface area contributed by atoms with E-state index in [1.54, 1.807) is 0 Å². The Kier molecular flexibility index (Phi) is 11.3. The zero-order valence-corrected chi connectivity index (χ0v) is 17.3. The molecule has 1 saturated heterocycles. The first kappa shape index (κ1) is 23.7. The molecule has 0 radical (unpaired) electrons. The molecular formula is C22H30Cl2N2O. The van der Waals surface area contributed by atoms with Crippen molar-refractivity contribution in [3.63, 3.8) is 0 Å². The van der Waals surface area contributed by atoms with Crippen LogP contribution in [0.25, 0.3) is 0 Å². The SMILES string of the molecule is C=CCN1CCN(CCOC(c2ccccc2)c2ccccc2)CC1.Cl.Cl. The first-order valence-corrected chi connectivity index (χ1v) is 9.14. The highest BCUT2D eigenvalue weighted by Crippen LogP contribution is 2.25. The Hall–Kier alpha value is -1.36. The van der Waals surface area contributed by atoms with Crippen molar-refractivity contribution in [3.8, 4) is 0 Å². The summed E-state index contributed by atoms with van der Waals surface area (Å²) in [5.41, 5.74) is 2.43. The van der Waals surface area contributed by atoms with Gasteiger partial charge in [0.25, 0.3) is 0 Å². The molecule has 2 aromatic rings. The highest BCUT2D eigenvalue weighted by Gasteiger charge is 2.18. The molecular weight excluding hydrogens is 379 g/mol. The first-order chi connectivity index (χ1) is 12.4. The van der Waals surface area contributed by atoms with Gasteiger partial charge in [-0.3, -0.25) is 9.80 Å². The fourth-order valence-electron chi connectivity index (χ4n) is 3.32. The maximum Gasteiger partial charge on any atom is 0.108 e. The minimum atomic E-state index is 0. The maximum atomic E-state index is 6.32. The normalized spacial score (nSPS) is 15.0. The first-order valence-electron chi connectivity index (χ1n) is 9.14. The number of rotatable bonds is 8. The molecule has 3 rings (SSSR count). The van der Waals surface area contributed by atoms with Crippen LogP contribution in [0.15, 0.2) is 73.3 Å². The van der Waals surface area contributed by atoms with Gasteiger partial charge in [-0.15, -0.1) is 31.4 Å². The second-order valence-electron chi connectivity index (χ2n) is 6.50. The lowest BCUT2D eigenvalue weighted by Crippen LogP contribution is -2.47. The molecule has 0 spiro atoms. The lowest BCUT2D eigenvalue weighted by atomic mass is 10.0. The predicted octanol–water partition coefficient (Wildman–Crippen LogP) is 4.44. The van der Waals surface area contributed by atoms with Crippen molar-refractivity contribution < 1.29 is 4.74 Å². The molecule has 0 atom stereocenters. The summed E-state index contributed by atoms with van der Waals surface area (Å²) >= 11 is 0. The third-order valence-electron chi connectivity index (χ3n) is 4.75. The molecule has 1 aliphatic rings. The van der Waals surface area contributed by atoms with Crippen LogP contribution in [0.1, 0.15) is 17.2 Å². The Morgan fingerprint density at radius 2 is 1.30 bits per heavy atom. The van der Waals surface area contributed by atoms with Crippen molar-refractivity contribution in [1.82, 2.24) is 9.80 Å². The summed E-state index contributed by atoms with van der Waals surface area (Å²) in [5.74, 6) is 0. The van der Waals surface area contributed by atoms with E-state index in [2.05, 4.69) is 64.9 Å². The van der Waals surface area contributed by atoms with E-state index in [4.69, 9.17) is 4.74 Å². The zero-order chi connectivity index (χ0) is 17.3. The van der Waals surface area contributed by atoms with Crippen LogP contribution < -0.4 is 0 Å². The molecule has 2 aromatic carbocycles. The minimum absolute atomic E-state index is 0. The van der Waals surface area contributed by atoms with Crippen LogP contribution >= 0.6 is 24.8 Å². The third kappa shape index (κ3) is 7.28. The molecule has 1 heterocycles. The van der Waals surface area contributed by atoms with Crippen molar-refractivity contribution in [2.75, 3.05) is 45.9 Å². The molecule has 1 fully saturated rings. The van der Waals surface area contributed by atoms with Gasteiger partial charge >= 0.3 is 0 Å². The second kappa shape index (κ2) is 12.9. The summed E-state index contributed by atoms with van der Waals surface area (Å²) in [6.07, 6.45) is 1.99. The zero-order valence-electron chi connectivity index (χ0n) is 15.7. The number of benzene rings is 2. The van der Waals surface area contributed by atoms with Crippen molar-refractivity contribution >= 4 is 24.8 Å². The fourth-order valence-corrected chi connectivity index (χ4v) is 3.32. The Labute approximate surface area is 175 Å². The van der Waals surface area contributed by atoms with Gasteiger partial charge in [-0.2, -0.15) is 0 Å². The van der Waals surface area contributed by atoms with E-state index in [9.17, 15) is 0 Å². The van der Waals surface area contributed by atoms with Crippen molar-refractivity contribution in [3.05, 3.63) is 84.4 Å². The van der Waals surface area contributed by atoms with E-state index >= 15 is 0 Å². The van der Waals surface area contributed by atoms with Crippen LogP contribution in [0.5, 0.6) is 0 Å². The van der Waals surface area contributed by atoms with E-state index in [1.807, 2.05) is 18.2 Å². The molecule has 3 nitrogen and oxygen atoms in total. The summed E-state index contributed by atoms with van der Waals surface area (Å²) in [6.45, 7) is 11.0. The fraction of sp³-hybridized carbons (Fsp3) is 0.364. The molecule has 27 heavy (non-hydrogen) atoms. The van der Waals surface area contributed by atoms with Gasteiger partial charge in [-0.05, 0) is 11.1 Å². The number of halogens is 2. The van der Waals surface area contributed by atoms with Gasteiger partial charge < -0.3 is 4.74 Å². The summed E-state index contributed by atoms with van der Waals surface area (Å²) in [6, 6.07) is 21.0. The molecule has 1 aliphatic heterocycles. The standard InChI is InChI=1S/C22H28N2O.2ClH/c1-2-13-23-14-16-24(17-15-23)18-19-25-22(20-9-5-3-6-10-20)21-11-7-4-8-12-21;;/h2-12,22H,1,13-19H2;2*1H. The van der Waals surface area contributed by atoms with Gasteiger partial charge in [0.1, 0.15) is 6.10 Å². The molecule has 0 amide bonds. The lowest BCUT2D eigenvalue weighted by molar-refractivity contribution is 0.0467. The van der Waals surface area contributed by atoms with Crippen molar-refractivity contribution in [2.45, 2.75) is 6.10 Å². The molecule has 0 aromatic heterocycles. The Morgan fingerprint density at radius 1 is 0.815 bits per heavy atom. The highest BCUT2D eigenvalue weighted by molar-refractivity contribution is 5.85. The van der Waals surface area contributed by atoms with Crippen LogP contribution in [0, 0.1) is 0 Å². The molecule has 148 valence electrons. The van der Waals surface area contributed by atoms with Crippen molar-refractivity contribution in [2.24, 2.45) is 0 Å². The van der Waals surface area contributed by atoms with Gasteiger partial charge in [-0.1, -0.05) is 66.7 Å². The highest BCUT2D eigenvalue weighted by atomic mass is 35.5. The maximum absolute atomic E-state index is 6.32. The Morgan fingerprint density at radius 3 is 1.78 bits per heavy atom. The Bertz CT molecular complexity index is 592. The van der Waals surface area contributed by atoms with E-state index in [1.165, 1.54) is 11.1 Å². The summed E-state index contributed by atoms with van der Waals surface area (Å²) in [7, 11) is 0. The minimum Gasteiger partial charge on any atom is -0.367 e. The van der Waals surface area contributed by atoms with Gasteiger partial charge in [-0.25, -0.2) is 0 Å². The summed E-state index contributed by atoms with van der Waals surface area (Å²) in [4.78, 5) is 4.94. The monoisotopic (exact) mass is 408 g/mol. The van der Waals surface area contributed by atoms with E-state index in [0.29, 0.717) is 0 Å². The van der Waals surface area contributed by atoms with Crippen LogP contribution in [0.3, 0.4) is 0 Å². The molecule has 0 aliphatic carbocycles. The number of piperazine rings is 1. The second-order valence-corrected chi connectivity index (χ2v) is 6.50. The van der Waals surface area contributed by atoms with Gasteiger partial charge in [0.2, 0.25) is 0 Å². The average molecular weight is 409 g/mol. The van der Waals surface area contributed by atoms with Crippen LogP contribution in [-0.4, -0.2) is 55.7 Å². The number of ether oxygens (including phenoxy) is 1. The molecule has 0 bridgehead atoms. The smallest absolute Gasteiger partial charge is 0.108 e. The van der Waals surface area contributed by atoms with Crippen LogP contribution in [0.2, 0.25) is 0 Å². The number of hydrogen-bond donors (Lipinski definition) is 0. The lowest BCUT2D eigenvalue weighted by Gasteiger charge is -2.34. The molecule has 5 heteroatoms.